The fourth-order valence-corrected chi connectivity index (χ4v) is 5.83. The predicted molar refractivity (Wildman–Crippen MR) is 163 cm³/mol. The Morgan fingerprint density at radius 3 is 2.27 bits per heavy atom. The Bertz CT molecular complexity index is 2220. The van der Waals surface area contributed by atoms with Crippen molar-refractivity contribution in [1.82, 2.24) is 23.9 Å². The molecule has 0 N–H and O–H groups in total. The highest BCUT2D eigenvalue weighted by Gasteiger charge is 2.17. The van der Waals surface area contributed by atoms with Crippen molar-refractivity contribution in [3.63, 3.8) is 0 Å². The van der Waals surface area contributed by atoms with E-state index in [0.29, 0.717) is 0 Å². The van der Waals surface area contributed by atoms with Crippen LogP contribution in [0.3, 0.4) is 0 Å². The van der Waals surface area contributed by atoms with Gasteiger partial charge in [-0.2, -0.15) is 0 Å². The zero-order chi connectivity index (χ0) is 26.6. The van der Waals surface area contributed by atoms with Crippen LogP contribution in [0.5, 0.6) is 0 Å². The van der Waals surface area contributed by atoms with Gasteiger partial charge >= 0.3 is 0 Å². The van der Waals surface area contributed by atoms with Crippen LogP contribution in [0.4, 0.5) is 0 Å². The molecule has 40 heavy (non-hydrogen) atoms. The Hall–Kier alpha value is -5.29. The number of imidazole rings is 2. The Labute approximate surface area is 231 Å². The lowest BCUT2D eigenvalue weighted by Crippen LogP contribution is -2.00. The van der Waals surface area contributed by atoms with Gasteiger partial charge in [0.05, 0.1) is 27.8 Å². The molecule has 0 spiro atoms. The Kier molecular flexibility index (Phi) is 5.04. The summed E-state index contributed by atoms with van der Waals surface area (Å²) in [5.41, 5.74) is 11.4. The Balaban J connectivity index is 1.32. The highest BCUT2D eigenvalue weighted by Crippen LogP contribution is 2.35. The van der Waals surface area contributed by atoms with E-state index in [1.54, 1.807) is 0 Å². The van der Waals surface area contributed by atoms with Crippen LogP contribution in [0.1, 0.15) is 12.7 Å². The number of nitrogens with zero attached hydrogens (tertiary/aromatic N) is 5. The summed E-state index contributed by atoms with van der Waals surface area (Å²) in [6.45, 7) is 2.16. The van der Waals surface area contributed by atoms with E-state index in [9.17, 15) is 0 Å². The van der Waals surface area contributed by atoms with Gasteiger partial charge in [0.25, 0.3) is 0 Å². The van der Waals surface area contributed by atoms with Crippen LogP contribution in [0, 0.1) is 0 Å². The molecule has 0 atom stereocenters. The fourth-order valence-electron chi connectivity index (χ4n) is 5.83. The molecule has 0 radical (unpaired) electrons. The number of aromatic nitrogens is 5. The van der Waals surface area contributed by atoms with Crippen LogP contribution in [0.25, 0.3) is 66.7 Å². The molecular weight excluding hydrogens is 490 g/mol. The first kappa shape index (κ1) is 22.7. The predicted octanol–water partition coefficient (Wildman–Crippen LogP) is 8.27. The number of hydrogen-bond acceptors (Lipinski definition) is 3. The van der Waals surface area contributed by atoms with Gasteiger partial charge in [0, 0.05) is 29.3 Å². The molecule has 0 aliphatic carbocycles. The summed E-state index contributed by atoms with van der Waals surface area (Å²) in [6, 6.07) is 40.1. The fraction of sp³-hybridized carbons (Fsp3) is 0.0571. The maximum absolute atomic E-state index is 5.17. The number of pyridine rings is 2. The number of hydrogen-bond donors (Lipinski definition) is 0. The largest absolute Gasteiger partial charge is 0.298 e. The van der Waals surface area contributed by atoms with Crippen LogP contribution >= 0.6 is 0 Å². The number of fused-ring (bicyclic) bond motifs is 6. The lowest BCUT2D eigenvalue weighted by molar-refractivity contribution is 0.908. The first-order valence-electron chi connectivity index (χ1n) is 13.6. The third-order valence-electron chi connectivity index (χ3n) is 7.67. The van der Waals surface area contributed by atoms with Crippen molar-refractivity contribution in [1.29, 1.82) is 0 Å². The summed E-state index contributed by atoms with van der Waals surface area (Å²) in [7, 11) is 0. The van der Waals surface area contributed by atoms with Crippen molar-refractivity contribution in [2.24, 2.45) is 0 Å². The molecular formula is C35H25N5. The molecule has 0 aliphatic heterocycles. The van der Waals surface area contributed by atoms with Gasteiger partial charge in [0.15, 0.2) is 0 Å². The number of aryl methyl sites for hydroxylation is 1. The van der Waals surface area contributed by atoms with Crippen molar-refractivity contribution in [2.75, 3.05) is 0 Å². The number of rotatable bonds is 4. The van der Waals surface area contributed by atoms with Crippen LogP contribution < -0.4 is 0 Å². The van der Waals surface area contributed by atoms with Gasteiger partial charge in [-0.3, -0.25) is 8.97 Å². The average Bonchev–Trinajstić information content (AvgIpc) is 3.60. The first-order valence-corrected chi connectivity index (χ1v) is 13.6. The molecule has 0 fully saturated rings. The van der Waals surface area contributed by atoms with Crippen molar-refractivity contribution >= 4 is 38.6 Å². The van der Waals surface area contributed by atoms with Crippen LogP contribution in [-0.4, -0.2) is 23.9 Å². The van der Waals surface area contributed by atoms with Crippen molar-refractivity contribution in [3.8, 4) is 28.1 Å². The lowest BCUT2D eigenvalue weighted by Gasteiger charge is -2.12. The molecule has 4 aromatic carbocycles. The first-order chi connectivity index (χ1) is 19.8. The molecule has 0 saturated heterocycles. The van der Waals surface area contributed by atoms with E-state index in [-0.39, 0.29) is 0 Å². The minimum absolute atomic E-state index is 0.858. The van der Waals surface area contributed by atoms with E-state index in [1.165, 1.54) is 0 Å². The molecule has 0 saturated carbocycles. The Morgan fingerprint density at radius 2 is 1.38 bits per heavy atom. The summed E-state index contributed by atoms with van der Waals surface area (Å²) in [6.07, 6.45) is 2.93. The zero-order valence-corrected chi connectivity index (χ0v) is 22.0. The second-order valence-electron chi connectivity index (χ2n) is 10.1. The summed E-state index contributed by atoms with van der Waals surface area (Å²) in [5.74, 6) is 1.06. The molecule has 8 rings (SSSR count). The minimum atomic E-state index is 0.858. The van der Waals surface area contributed by atoms with E-state index in [2.05, 4.69) is 101 Å². The second-order valence-corrected chi connectivity index (χ2v) is 10.1. The Morgan fingerprint density at radius 1 is 0.625 bits per heavy atom. The quantitative estimate of drug-likeness (QED) is 0.237. The van der Waals surface area contributed by atoms with Crippen molar-refractivity contribution in [2.45, 2.75) is 13.3 Å². The molecule has 0 amide bonds. The second kappa shape index (κ2) is 8.89. The van der Waals surface area contributed by atoms with E-state index in [0.717, 1.165) is 78.9 Å². The van der Waals surface area contributed by atoms with Gasteiger partial charge in [0.1, 0.15) is 17.0 Å². The SMILES string of the molecule is CCc1nc2ccccc2n1-c1cccc(-c2cccc(-c3nc4ccccc4c4nc5ccccn5c34)c2)c1. The summed E-state index contributed by atoms with van der Waals surface area (Å²) < 4.78 is 4.42. The average molecular weight is 516 g/mol. The monoisotopic (exact) mass is 515 g/mol. The molecule has 5 heteroatoms. The maximum atomic E-state index is 5.17. The summed E-state index contributed by atoms with van der Waals surface area (Å²) in [5, 5.41) is 1.06. The smallest absolute Gasteiger partial charge is 0.137 e. The molecule has 4 heterocycles. The van der Waals surface area contributed by atoms with Gasteiger partial charge < -0.3 is 0 Å². The van der Waals surface area contributed by atoms with Crippen molar-refractivity contribution in [3.05, 3.63) is 127 Å². The highest BCUT2D eigenvalue weighted by molar-refractivity contribution is 6.09. The molecule has 4 aromatic heterocycles. The summed E-state index contributed by atoms with van der Waals surface area (Å²) in [4.78, 5) is 15.1. The van der Waals surface area contributed by atoms with Gasteiger partial charge in [-0.1, -0.05) is 73.7 Å². The van der Waals surface area contributed by atoms with E-state index in [1.807, 2.05) is 36.4 Å². The summed E-state index contributed by atoms with van der Waals surface area (Å²) >= 11 is 0. The van der Waals surface area contributed by atoms with Gasteiger partial charge in [-0.05, 0) is 59.7 Å². The number of benzene rings is 4. The van der Waals surface area contributed by atoms with Crippen LogP contribution in [0.2, 0.25) is 0 Å². The van der Waals surface area contributed by atoms with Crippen LogP contribution in [0.15, 0.2) is 121 Å². The highest BCUT2D eigenvalue weighted by atomic mass is 15.1. The normalized spacial score (nSPS) is 11.7. The molecule has 8 aromatic rings. The van der Waals surface area contributed by atoms with E-state index >= 15 is 0 Å². The van der Waals surface area contributed by atoms with Gasteiger partial charge in [0.2, 0.25) is 0 Å². The van der Waals surface area contributed by atoms with Crippen LogP contribution in [-0.2, 0) is 6.42 Å². The molecule has 0 bridgehead atoms. The third kappa shape index (κ3) is 3.45. The standard InChI is InChI=1S/C35H25N5/c1-2-31-36-29-17-5-6-18-30(29)40(31)26-14-10-12-24(22-26)23-11-9-13-25(21-23)33-35-34(27-15-3-4-16-28(27)37-33)38-32-19-7-8-20-39(32)35/h3-22H,2H2,1H3. The minimum Gasteiger partial charge on any atom is -0.298 e. The molecule has 190 valence electrons. The third-order valence-corrected chi connectivity index (χ3v) is 7.67. The topological polar surface area (TPSA) is 48.0 Å². The van der Waals surface area contributed by atoms with E-state index in [4.69, 9.17) is 15.0 Å². The maximum Gasteiger partial charge on any atom is 0.137 e. The molecule has 0 unspecified atom stereocenters. The van der Waals surface area contributed by atoms with E-state index < -0.39 is 0 Å². The number of para-hydroxylation sites is 3. The zero-order valence-electron chi connectivity index (χ0n) is 22.0. The van der Waals surface area contributed by atoms with Crippen molar-refractivity contribution < 1.29 is 0 Å². The lowest BCUT2D eigenvalue weighted by atomic mass is 10.00. The molecule has 5 nitrogen and oxygen atoms in total. The molecule has 0 aliphatic rings. The van der Waals surface area contributed by atoms with Gasteiger partial charge in [-0.15, -0.1) is 0 Å². The van der Waals surface area contributed by atoms with Gasteiger partial charge in [-0.25, -0.2) is 15.0 Å².